The second-order valence-electron chi connectivity index (χ2n) is 7.59. The molecule has 3 rings (SSSR count). The van der Waals surface area contributed by atoms with E-state index < -0.39 is 21.5 Å². The molecule has 1 fully saturated rings. The number of carbonyl (C=O) groups is 1. The SMILES string of the molecule is CN1CCC(NS(=O)(=O)Cc2ccc(C(O)(C(N)=O)c3ccccc3)cc2)CC1. The molecule has 1 unspecified atom stereocenters. The topological polar surface area (TPSA) is 113 Å². The summed E-state index contributed by atoms with van der Waals surface area (Å²) in [7, 11) is -1.47. The Morgan fingerprint density at radius 2 is 1.66 bits per heavy atom. The van der Waals surface area contributed by atoms with Crippen LogP contribution in [-0.2, 0) is 26.2 Å². The number of rotatable bonds is 7. The average molecular weight is 418 g/mol. The molecule has 8 heteroatoms. The largest absolute Gasteiger partial charge is 0.372 e. The molecule has 0 saturated carbocycles. The number of nitrogens with zero attached hydrogens (tertiary/aromatic N) is 1. The number of benzene rings is 2. The Kier molecular flexibility index (Phi) is 6.38. The Balaban J connectivity index is 1.74. The van der Waals surface area contributed by atoms with Crippen LogP contribution in [0, 0.1) is 0 Å². The fourth-order valence-electron chi connectivity index (χ4n) is 3.61. The fraction of sp³-hybridized carbons (Fsp3) is 0.381. The van der Waals surface area contributed by atoms with Gasteiger partial charge in [0.1, 0.15) is 0 Å². The van der Waals surface area contributed by atoms with E-state index in [1.54, 1.807) is 42.5 Å². The monoisotopic (exact) mass is 417 g/mol. The third-order valence-corrected chi connectivity index (χ3v) is 6.75. The molecule has 1 aliphatic rings. The van der Waals surface area contributed by atoms with Gasteiger partial charge in [-0.3, -0.25) is 4.79 Å². The normalized spacial score (nSPS) is 18.3. The molecule has 0 aliphatic carbocycles. The molecule has 1 atom stereocenters. The van der Waals surface area contributed by atoms with Crippen LogP contribution in [0.3, 0.4) is 0 Å². The Hall–Kier alpha value is -2.26. The summed E-state index contributed by atoms with van der Waals surface area (Å²) >= 11 is 0. The van der Waals surface area contributed by atoms with Gasteiger partial charge >= 0.3 is 0 Å². The van der Waals surface area contributed by atoms with E-state index in [4.69, 9.17) is 5.73 Å². The highest BCUT2D eigenvalue weighted by molar-refractivity contribution is 7.88. The summed E-state index contributed by atoms with van der Waals surface area (Å²) in [4.78, 5) is 14.2. The first kappa shape index (κ1) is 21.4. The molecule has 4 N–H and O–H groups in total. The van der Waals surface area contributed by atoms with Gasteiger partial charge in [0.25, 0.3) is 5.91 Å². The van der Waals surface area contributed by atoms with Gasteiger partial charge in [-0.15, -0.1) is 0 Å². The summed E-state index contributed by atoms with van der Waals surface area (Å²) in [5, 5.41) is 11.0. The van der Waals surface area contributed by atoms with Gasteiger partial charge in [-0.1, -0.05) is 54.6 Å². The number of amides is 1. The number of hydrogen-bond acceptors (Lipinski definition) is 5. The van der Waals surface area contributed by atoms with E-state index >= 15 is 0 Å². The van der Waals surface area contributed by atoms with Gasteiger partial charge in [0.2, 0.25) is 10.0 Å². The minimum absolute atomic E-state index is 0.0477. The van der Waals surface area contributed by atoms with Crippen molar-refractivity contribution in [3.8, 4) is 0 Å². The maximum atomic E-state index is 12.5. The summed E-state index contributed by atoms with van der Waals surface area (Å²) in [6, 6.07) is 14.7. The van der Waals surface area contributed by atoms with E-state index in [9.17, 15) is 18.3 Å². The molecule has 2 aromatic rings. The number of hydrogen-bond donors (Lipinski definition) is 3. The quantitative estimate of drug-likeness (QED) is 0.620. The number of aliphatic hydroxyl groups is 1. The van der Waals surface area contributed by atoms with E-state index in [2.05, 4.69) is 9.62 Å². The zero-order chi connectivity index (χ0) is 21.1. The Morgan fingerprint density at radius 3 is 2.21 bits per heavy atom. The Morgan fingerprint density at radius 1 is 1.10 bits per heavy atom. The molecular formula is C21H27N3O4S. The first-order chi connectivity index (χ1) is 13.7. The number of piperidine rings is 1. The van der Waals surface area contributed by atoms with Crippen molar-refractivity contribution in [3.63, 3.8) is 0 Å². The van der Waals surface area contributed by atoms with Crippen molar-refractivity contribution in [1.29, 1.82) is 0 Å². The summed E-state index contributed by atoms with van der Waals surface area (Å²) in [6.07, 6.45) is 1.58. The van der Waals surface area contributed by atoms with Gasteiger partial charge in [0, 0.05) is 6.04 Å². The van der Waals surface area contributed by atoms with Crippen molar-refractivity contribution in [3.05, 3.63) is 71.3 Å². The van der Waals surface area contributed by atoms with Crippen LogP contribution in [0.15, 0.2) is 54.6 Å². The lowest BCUT2D eigenvalue weighted by atomic mass is 9.85. The second-order valence-corrected chi connectivity index (χ2v) is 9.35. The maximum absolute atomic E-state index is 12.5. The van der Waals surface area contributed by atoms with Gasteiger partial charge in [-0.2, -0.15) is 0 Å². The highest BCUT2D eigenvalue weighted by atomic mass is 32.2. The molecule has 1 heterocycles. The second kappa shape index (κ2) is 8.62. The van der Waals surface area contributed by atoms with Crippen molar-refractivity contribution in [2.24, 2.45) is 5.73 Å². The Labute approximate surface area is 171 Å². The fourth-order valence-corrected chi connectivity index (χ4v) is 5.07. The first-order valence-electron chi connectivity index (χ1n) is 9.56. The van der Waals surface area contributed by atoms with Crippen LogP contribution in [0.4, 0.5) is 0 Å². The van der Waals surface area contributed by atoms with Crippen LogP contribution in [0.1, 0.15) is 29.5 Å². The molecule has 156 valence electrons. The van der Waals surface area contributed by atoms with E-state index in [0.29, 0.717) is 16.7 Å². The minimum atomic E-state index is -3.49. The molecule has 0 spiro atoms. The third kappa shape index (κ3) is 5.02. The molecule has 29 heavy (non-hydrogen) atoms. The summed E-state index contributed by atoms with van der Waals surface area (Å²) < 4.78 is 27.8. The van der Waals surface area contributed by atoms with Gasteiger partial charge in [0.15, 0.2) is 5.60 Å². The van der Waals surface area contributed by atoms with Crippen molar-refractivity contribution >= 4 is 15.9 Å². The molecule has 1 aliphatic heterocycles. The van der Waals surface area contributed by atoms with Crippen molar-refractivity contribution in [2.75, 3.05) is 20.1 Å². The van der Waals surface area contributed by atoms with Gasteiger partial charge in [-0.05, 0) is 49.7 Å². The minimum Gasteiger partial charge on any atom is -0.372 e. The smallest absolute Gasteiger partial charge is 0.258 e. The van der Waals surface area contributed by atoms with Crippen LogP contribution in [0.25, 0.3) is 0 Å². The number of sulfonamides is 1. The molecule has 0 bridgehead atoms. The average Bonchev–Trinajstić information content (AvgIpc) is 2.69. The predicted octanol–water partition coefficient (Wildman–Crippen LogP) is 0.921. The lowest BCUT2D eigenvalue weighted by molar-refractivity contribution is -0.133. The molecule has 7 nitrogen and oxygen atoms in total. The van der Waals surface area contributed by atoms with Gasteiger partial charge in [-0.25, -0.2) is 13.1 Å². The number of nitrogens with two attached hydrogens (primary N) is 1. The third-order valence-electron chi connectivity index (χ3n) is 5.34. The van der Waals surface area contributed by atoms with Crippen LogP contribution >= 0.6 is 0 Å². The molecule has 0 aromatic heterocycles. The number of likely N-dealkylation sites (tertiary alicyclic amines) is 1. The number of nitrogens with one attached hydrogen (secondary N) is 1. The van der Waals surface area contributed by atoms with E-state index in [0.717, 1.165) is 25.9 Å². The lowest BCUT2D eigenvalue weighted by Crippen LogP contribution is -2.43. The zero-order valence-corrected chi connectivity index (χ0v) is 17.2. The van der Waals surface area contributed by atoms with Crippen molar-refractivity contribution in [1.82, 2.24) is 9.62 Å². The van der Waals surface area contributed by atoms with E-state index in [1.807, 2.05) is 7.05 Å². The van der Waals surface area contributed by atoms with Crippen molar-refractivity contribution < 1.29 is 18.3 Å². The summed E-state index contributed by atoms with van der Waals surface area (Å²) in [6.45, 7) is 1.74. The first-order valence-corrected chi connectivity index (χ1v) is 11.2. The van der Waals surface area contributed by atoms with Crippen molar-refractivity contribution in [2.45, 2.75) is 30.2 Å². The molecule has 0 radical (unpaired) electrons. The summed E-state index contributed by atoms with van der Waals surface area (Å²) in [5.74, 6) is -1.06. The standard InChI is InChI=1S/C21H27N3O4S/c1-24-13-11-19(12-14-24)23-29(27,28)15-16-7-9-18(10-8-16)21(26,20(22)25)17-5-3-2-4-6-17/h2-10,19,23,26H,11-15H2,1H3,(H2,22,25). The molecular weight excluding hydrogens is 390 g/mol. The van der Waals surface area contributed by atoms with E-state index in [1.165, 1.54) is 12.1 Å². The molecule has 1 saturated heterocycles. The highest BCUT2D eigenvalue weighted by Crippen LogP contribution is 2.29. The number of primary amides is 1. The number of carbonyl (C=O) groups excluding carboxylic acids is 1. The summed E-state index contributed by atoms with van der Waals surface area (Å²) in [5.41, 5.74) is 4.72. The highest BCUT2D eigenvalue weighted by Gasteiger charge is 2.38. The zero-order valence-electron chi connectivity index (χ0n) is 16.4. The van der Waals surface area contributed by atoms with Gasteiger partial charge < -0.3 is 15.7 Å². The van der Waals surface area contributed by atoms with Gasteiger partial charge in [0.05, 0.1) is 5.75 Å². The van der Waals surface area contributed by atoms with Crippen LogP contribution in [-0.4, -0.2) is 50.5 Å². The predicted molar refractivity (Wildman–Crippen MR) is 111 cm³/mol. The van der Waals surface area contributed by atoms with Crippen LogP contribution < -0.4 is 10.5 Å². The van der Waals surface area contributed by atoms with E-state index in [-0.39, 0.29) is 11.8 Å². The lowest BCUT2D eigenvalue weighted by Gasteiger charge is -2.29. The molecule has 2 aromatic carbocycles. The Bertz CT molecular complexity index is 940. The molecule has 1 amide bonds. The van der Waals surface area contributed by atoms with Crippen LogP contribution in [0.2, 0.25) is 0 Å². The van der Waals surface area contributed by atoms with Crippen LogP contribution in [0.5, 0.6) is 0 Å². The maximum Gasteiger partial charge on any atom is 0.258 e.